The Morgan fingerprint density at radius 2 is 1.61 bits per heavy atom. The molecule has 72 heavy (non-hydrogen) atoms. The zero-order chi connectivity index (χ0) is 49.0. The second-order valence-electron chi connectivity index (χ2n) is 23.5. The quantitative estimate of drug-likeness (QED) is 0.166. The van der Waals surface area contributed by atoms with Crippen LogP contribution in [0.4, 0.5) is 17.3 Å². The molecule has 3 aromatic heterocycles. The smallest absolute Gasteiger partial charge is 0.238 e. The molecule has 16 nitrogen and oxygen atoms in total. The molecule has 0 radical (unpaired) electrons. The van der Waals surface area contributed by atoms with Crippen LogP contribution in [0.5, 0.6) is 0 Å². The number of carbonyl (C=O) groups is 5. The first-order valence-corrected chi connectivity index (χ1v) is 27.4. The Kier molecular flexibility index (Phi) is 11.3. The molecule has 2 N–H and O–H groups in total. The summed E-state index contributed by atoms with van der Waals surface area (Å²) in [5, 5.41) is 6.14. The van der Waals surface area contributed by atoms with Gasteiger partial charge >= 0.3 is 0 Å². The molecule has 3 saturated carbocycles. The topological polar surface area (TPSA) is 169 Å². The predicted octanol–water partition coefficient (Wildman–Crippen LogP) is 6.55. The number of piperidine rings is 6. The monoisotopic (exact) mass is 976 g/mol. The number of imide groups is 1. The zero-order valence-electron chi connectivity index (χ0n) is 42.0. The molecule has 5 amide bonds. The number of likely N-dealkylation sites (tertiary alicyclic amines) is 2. The fourth-order valence-corrected chi connectivity index (χ4v) is 14.4. The molecule has 1 spiro atoms. The van der Waals surface area contributed by atoms with Gasteiger partial charge < -0.3 is 34.4 Å². The highest BCUT2D eigenvalue weighted by Gasteiger charge is 2.60. The number of amides is 5. The lowest BCUT2D eigenvalue weighted by molar-refractivity contribution is -0.169. The van der Waals surface area contributed by atoms with E-state index in [0.29, 0.717) is 95.8 Å². The number of rotatable bonds is 10. The van der Waals surface area contributed by atoms with Gasteiger partial charge in [-0.2, -0.15) is 0 Å². The molecule has 378 valence electrons. The van der Waals surface area contributed by atoms with Gasteiger partial charge in [0.2, 0.25) is 29.5 Å². The van der Waals surface area contributed by atoms with Gasteiger partial charge in [0.25, 0.3) is 0 Å². The van der Waals surface area contributed by atoms with Crippen molar-refractivity contribution in [3.63, 3.8) is 0 Å². The number of nitrogens with one attached hydrogen (secondary N) is 2. The second-order valence-corrected chi connectivity index (χ2v) is 23.5. The molecular formula is C56H69N11O5. The molecule has 16 heteroatoms. The van der Waals surface area contributed by atoms with Crippen molar-refractivity contribution < 1.29 is 24.0 Å². The van der Waals surface area contributed by atoms with Crippen LogP contribution in [0.3, 0.4) is 0 Å². The maximum Gasteiger partial charge on any atom is 0.238 e. The van der Waals surface area contributed by atoms with E-state index >= 15 is 4.79 Å². The summed E-state index contributed by atoms with van der Waals surface area (Å²) in [4.78, 5) is 94.3. The van der Waals surface area contributed by atoms with Crippen molar-refractivity contribution in [1.29, 1.82) is 0 Å². The van der Waals surface area contributed by atoms with Crippen LogP contribution in [0.1, 0.15) is 133 Å². The van der Waals surface area contributed by atoms with Crippen LogP contribution in [0.15, 0.2) is 48.9 Å². The largest absolute Gasteiger partial charge is 0.366 e. The molecule has 2 bridgehead atoms. The second kappa shape index (κ2) is 17.7. The van der Waals surface area contributed by atoms with E-state index in [1.807, 2.05) is 28.3 Å². The summed E-state index contributed by atoms with van der Waals surface area (Å²) in [5.41, 5.74) is 5.45. The number of nitrogens with zero attached hydrogens (tertiary/aromatic N) is 9. The fraction of sp³-hybridized carbons (Fsp3) is 0.607. The van der Waals surface area contributed by atoms with Crippen molar-refractivity contribution in [3.8, 4) is 11.3 Å². The lowest BCUT2D eigenvalue weighted by Crippen LogP contribution is -2.65. The molecule has 1 aromatic carbocycles. The predicted molar refractivity (Wildman–Crippen MR) is 273 cm³/mol. The maximum atomic E-state index is 15.3. The van der Waals surface area contributed by atoms with E-state index in [-0.39, 0.29) is 53.5 Å². The minimum absolute atomic E-state index is 0.102. The third kappa shape index (κ3) is 7.78. The Balaban J connectivity index is 0.695. The highest BCUT2D eigenvalue weighted by Crippen LogP contribution is 2.55. The van der Waals surface area contributed by atoms with E-state index in [2.05, 4.69) is 73.0 Å². The number of benzene rings is 1. The molecule has 10 aliphatic rings. The Bertz CT molecular complexity index is 2820. The van der Waals surface area contributed by atoms with Gasteiger partial charge in [-0.25, -0.2) is 15.0 Å². The van der Waals surface area contributed by atoms with Crippen molar-refractivity contribution in [2.45, 2.75) is 146 Å². The number of imidazole rings is 1. The Morgan fingerprint density at radius 1 is 0.833 bits per heavy atom. The average Bonchev–Trinajstić information content (AvgIpc) is 4.04. The standard InChI is InChI=1S/C56H69N11O5/c1-34(2)66-33-58-45-27-44(60-50(49(45)66)59-39-8-9-39)37-6-11-43-46(24-37)67(41-25-40(26-41)62-18-4-3-5-19-62)54(72)56(43)16-22-64(23-17-56)53(71)55-28-35(29-55)31-65(32-55)52(70)36-14-20-63(21-15-36)47-12-7-38(30-57-47)42-10-13-48(68)61-51(42)69/h6-7,11-12,24,27,30,33-36,39-42H,3-5,8-10,13-23,25-26,28-29,31-32H2,1-2H3,(H,59,60)(H,61,68,69)/t35?,40?,41?,42-,55?/m1/s1. The summed E-state index contributed by atoms with van der Waals surface area (Å²) in [5.74, 6) is 1.58. The lowest BCUT2D eigenvalue weighted by atomic mass is 9.57. The van der Waals surface area contributed by atoms with Crippen molar-refractivity contribution in [3.05, 3.63) is 60.0 Å². The number of anilines is 3. The van der Waals surface area contributed by atoms with Crippen LogP contribution in [0.25, 0.3) is 22.3 Å². The first kappa shape index (κ1) is 45.9. The van der Waals surface area contributed by atoms with Crippen molar-refractivity contribution in [2.75, 3.05) is 67.5 Å². The Hall–Kier alpha value is -5.90. The van der Waals surface area contributed by atoms with Gasteiger partial charge in [-0.05, 0) is 146 Å². The maximum absolute atomic E-state index is 15.3. The minimum Gasteiger partial charge on any atom is -0.366 e. The third-order valence-electron chi connectivity index (χ3n) is 18.7. The third-order valence-corrected chi connectivity index (χ3v) is 18.7. The van der Waals surface area contributed by atoms with E-state index in [1.54, 1.807) is 6.20 Å². The number of carbonyl (C=O) groups excluding carboxylic acids is 5. The van der Waals surface area contributed by atoms with Crippen LogP contribution in [-0.2, 0) is 29.4 Å². The highest BCUT2D eigenvalue weighted by atomic mass is 16.2. The van der Waals surface area contributed by atoms with Gasteiger partial charge in [0, 0.05) is 93.2 Å². The molecule has 3 aliphatic carbocycles. The number of hydrogen-bond donors (Lipinski definition) is 2. The van der Waals surface area contributed by atoms with Crippen LogP contribution in [0, 0.1) is 17.3 Å². The van der Waals surface area contributed by atoms with Crippen LogP contribution in [-0.4, -0.2) is 134 Å². The first-order chi connectivity index (χ1) is 34.9. The minimum atomic E-state index is -0.693. The molecule has 4 aromatic rings. The van der Waals surface area contributed by atoms with Gasteiger partial charge in [0.15, 0.2) is 5.82 Å². The number of pyridine rings is 2. The SMILES string of the molecule is CC(C)n1cnc2cc(-c3ccc4c(c3)N(C3CC(N5CCCCC5)C3)C(=O)C43CCN(C(=O)C45CC(CN(C(=O)C6CCN(c7ccc([C@H]8CCC(=O)NC8=O)cn7)CC6)C4)C5)CC3)nc(NC3CC3)c21. The first-order valence-electron chi connectivity index (χ1n) is 27.4. The van der Waals surface area contributed by atoms with E-state index in [0.717, 1.165) is 102 Å². The molecule has 7 aliphatic heterocycles. The van der Waals surface area contributed by atoms with Crippen LogP contribution >= 0.6 is 0 Å². The van der Waals surface area contributed by atoms with Gasteiger partial charge in [-0.15, -0.1) is 0 Å². The van der Waals surface area contributed by atoms with E-state index < -0.39 is 10.8 Å². The van der Waals surface area contributed by atoms with E-state index in [1.165, 1.54) is 19.3 Å². The molecule has 1 atom stereocenters. The van der Waals surface area contributed by atoms with Gasteiger partial charge in [0.1, 0.15) is 11.3 Å². The van der Waals surface area contributed by atoms with Crippen molar-refractivity contribution in [2.24, 2.45) is 17.3 Å². The summed E-state index contributed by atoms with van der Waals surface area (Å²) in [6, 6.07) is 13.9. The summed E-state index contributed by atoms with van der Waals surface area (Å²) in [6.07, 6.45) is 16.8. The lowest BCUT2D eigenvalue weighted by Gasteiger charge is -2.57. The normalized spacial score (nSPS) is 28.6. The van der Waals surface area contributed by atoms with Gasteiger partial charge in [0.05, 0.1) is 34.3 Å². The van der Waals surface area contributed by atoms with Crippen LogP contribution in [0.2, 0.25) is 0 Å². The van der Waals surface area contributed by atoms with E-state index in [4.69, 9.17) is 9.97 Å². The molecule has 10 heterocycles. The number of hydrogen-bond acceptors (Lipinski definition) is 11. The van der Waals surface area contributed by atoms with E-state index in [9.17, 15) is 19.2 Å². The van der Waals surface area contributed by atoms with Gasteiger partial charge in [-0.1, -0.05) is 24.6 Å². The summed E-state index contributed by atoms with van der Waals surface area (Å²) < 4.78 is 2.20. The molecule has 14 rings (SSSR count). The fourth-order valence-electron chi connectivity index (χ4n) is 14.4. The molecule has 0 unspecified atom stereocenters. The summed E-state index contributed by atoms with van der Waals surface area (Å²) in [6.45, 7) is 10.3. The van der Waals surface area contributed by atoms with Crippen LogP contribution < -0.4 is 20.4 Å². The highest BCUT2D eigenvalue weighted by molar-refractivity contribution is 6.10. The van der Waals surface area contributed by atoms with Gasteiger partial charge in [-0.3, -0.25) is 29.3 Å². The average molecular weight is 976 g/mol. The summed E-state index contributed by atoms with van der Waals surface area (Å²) in [7, 11) is 0. The van der Waals surface area contributed by atoms with Crippen molar-refractivity contribution in [1.82, 2.24) is 39.5 Å². The molecule has 6 saturated heterocycles. The zero-order valence-corrected chi connectivity index (χ0v) is 42.0. The Morgan fingerprint density at radius 3 is 2.32 bits per heavy atom. The number of aromatic nitrogens is 4. The summed E-state index contributed by atoms with van der Waals surface area (Å²) >= 11 is 0. The number of fused-ring (bicyclic) bond motifs is 5. The Labute approximate surface area is 421 Å². The molecular weight excluding hydrogens is 907 g/mol. The molecule has 9 fully saturated rings. The van der Waals surface area contributed by atoms with Crippen molar-refractivity contribution >= 4 is 57.9 Å².